The van der Waals surface area contributed by atoms with E-state index in [9.17, 15) is 18.0 Å². The van der Waals surface area contributed by atoms with Crippen LogP contribution in [0.1, 0.15) is 25.3 Å². The molecule has 0 saturated carbocycles. The van der Waals surface area contributed by atoms with E-state index in [2.05, 4.69) is 15.6 Å². The number of rotatable bonds is 7. The minimum atomic E-state index is -4.46. The average Bonchev–Trinajstić information content (AvgIpc) is 3.17. The van der Waals surface area contributed by atoms with Crippen molar-refractivity contribution in [2.45, 2.75) is 25.9 Å². The summed E-state index contributed by atoms with van der Waals surface area (Å²) < 4.78 is 44.0. The molecule has 1 heterocycles. The molecule has 0 atom stereocenters. The van der Waals surface area contributed by atoms with Crippen LogP contribution in [0.3, 0.4) is 0 Å². The predicted molar refractivity (Wildman–Crippen MR) is 112 cm³/mol. The maximum Gasteiger partial charge on any atom is 0.419 e. The number of hydrogen-bond acceptors (Lipinski definition) is 3. The minimum Gasteiger partial charge on any atom is -0.491 e. The molecule has 0 spiro atoms. The van der Waals surface area contributed by atoms with Crippen LogP contribution in [-0.2, 0) is 11.0 Å². The lowest BCUT2D eigenvalue weighted by molar-refractivity contribution is -0.139. The third kappa shape index (κ3) is 7.72. The fourth-order valence-corrected chi connectivity index (χ4v) is 2.71. The molecule has 158 valence electrons. The van der Waals surface area contributed by atoms with Gasteiger partial charge in [-0.3, -0.25) is 4.79 Å². The molecule has 6 nitrogen and oxygen atoms in total. The first kappa shape index (κ1) is 24.3. The molecule has 1 aromatic carbocycles. The summed E-state index contributed by atoms with van der Waals surface area (Å²) in [5.74, 6) is 0.191. The summed E-state index contributed by atoms with van der Waals surface area (Å²) in [5, 5.41) is 5.95. The molecule has 1 saturated heterocycles. The van der Waals surface area contributed by atoms with Gasteiger partial charge in [-0.1, -0.05) is 12.1 Å². The molecule has 0 radical (unpaired) electrons. The van der Waals surface area contributed by atoms with Crippen LogP contribution in [0.25, 0.3) is 0 Å². The zero-order chi connectivity index (χ0) is 19.7. The number of amides is 1. The van der Waals surface area contributed by atoms with Gasteiger partial charge in [0.05, 0.1) is 12.1 Å². The van der Waals surface area contributed by atoms with Gasteiger partial charge in [0.1, 0.15) is 18.9 Å². The maximum absolute atomic E-state index is 12.9. The van der Waals surface area contributed by atoms with Crippen LogP contribution in [0, 0.1) is 0 Å². The number of halogens is 4. The van der Waals surface area contributed by atoms with Crippen molar-refractivity contribution >= 4 is 35.8 Å². The Morgan fingerprint density at radius 2 is 1.89 bits per heavy atom. The van der Waals surface area contributed by atoms with E-state index in [1.807, 2.05) is 6.92 Å². The monoisotopic (exact) mass is 514 g/mol. The Balaban J connectivity index is 0.00000392. The van der Waals surface area contributed by atoms with Crippen molar-refractivity contribution in [3.05, 3.63) is 29.8 Å². The zero-order valence-electron chi connectivity index (χ0n) is 15.7. The molecule has 1 aliphatic rings. The molecule has 0 aromatic heterocycles. The molecular weight excluding hydrogens is 488 g/mol. The molecule has 1 aromatic rings. The molecule has 10 heteroatoms. The second kappa shape index (κ2) is 12.0. The smallest absolute Gasteiger partial charge is 0.419 e. The van der Waals surface area contributed by atoms with Crippen molar-refractivity contribution in [1.29, 1.82) is 0 Å². The van der Waals surface area contributed by atoms with E-state index >= 15 is 0 Å². The molecule has 1 fully saturated rings. The van der Waals surface area contributed by atoms with Crippen LogP contribution in [0.2, 0.25) is 0 Å². The summed E-state index contributed by atoms with van der Waals surface area (Å²) in [5.41, 5.74) is -0.804. The second-order valence-corrected chi connectivity index (χ2v) is 6.05. The van der Waals surface area contributed by atoms with Crippen molar-refractivity contribution < 1.29 is 22.7 Å². The van der Waals surface area contributed by atoms with Gasteiger partial charge in [-0.15, -0.1) is 24.0 Å². The van der Waals surface area contributed by atoms with Crippen LogP contribution >= 0.6 is 24.0 Å². The van der Waals surface area contributed by atoms with Crippen molar-refractivity contribution in [1.82, 2.24) is 15.5 Å². The maximum atomic E-state index is 12.9. The van der Waals surface area contributed by atoms with Gasteiger partial charge in [-0.2, -0.15) is 13.2 Å². The number of carbonyl (C=O) groups excluding carboxylic acids is 1. The van der Waals surface area contributed by atoms with Gasteiger partial charge in [0, 0.05) is 19.6 Å². The number of benzene rings is 1. The number of para-hydroxylation sites is 1. The number of carbonyl (C=O) groups is 1. The Hall–Kier alpha value is -1.72. The van der Waals surface area contributed by atoms with Crippen molar-refractivity contribution in [2.75, 3.05) is 39.3 Å². The highest BCUT2D eigenvalue weighted by Gasteiger charge is 2.33. The lowest BCUT2D eigenvalue weighted by atomic mass is 10.2. The van der Waals surface area contributed by atoms with Crippen LogP contribution in [-0.4, -0.2) is 56.1 Å². The van der Waals surface area contributed by atoms with Gasteiger partial charge in [0.2, 0.25) is 5.91 Å². The van der Waals surface area contributed by atoms with Crippen LogP contribution in [0.15, 0.2) is 29.3 Å². The van der Waals surface area contributed by atoms with E-state index in [0.29, 0.717) is 12.5 Å². The molecule has 1 aliphatic heterocycles. The fourth-order valence-electron chi connectivity index (χ4n) is 2.71. The molecule has 0 unspecified atom stereocenters. The summed E-state index contributed by atoms with van der Waals surface area (Å²) in [4.78, 5) is 18.0. The number of guanidine groups is 1. The van der Waals surface area contributed by atoms with Gasteiger partial charge in [-0.05, 0) is 31.9 Å². The standard InChI is InChI=1S/C18H25F3N4O2.HI/c1-2-22-17(24-13-16(26)25-10-5-6-11-25)23-9-12-27-15-8-4-3-7-14(15)18(19,20)21;/h3-4,7-8H,2,5-6,9-13H2,1H3,(H2,22,23,24);1H. The van der Waals surface area contributed by atoms with Gasteiger partial charge >= 0.3 is 6.18 Å². The third-order valence-electron chi connectivity index (χ3n) is 4.02. The van der Waals surface area contributed by atoms with Crippen molar-refractivity contribution in [3.63, 3.8) is 0 Å². The number of nitrogens with one attached hydrogen (secondary N) is 2. The quantitative estimate of drug-likeness (QED) is 0.254. The zero-order valence-corrected chi connectivity index (χ0v) is 18.0. The highest BCUT2D eigenvalue weighted by atomic mass is 127. The topological polar surface area (TPSA) is 66.0 Å². The number of likely N-dealkylation sites (tertiary alicyclic amines) is 1. The lowest BCUT2D eigenvalue weighted by Gasteiger charge is -2.16. The largest absolute Gasteiger partial charge is 0.491 e. The summed E-state index contributed by atoms with van der Waals surface area (Å²) in [6.07, 6.45) is -2.43. The van der Waals surface area contributed by atoms with Crippen molar-refractivity contribution in [3.8, 4) is 5.75 Å². The van der Waals surface area contributed by atoms with Gasteiger partial charge in [0.15, 0.2) is 5.96 Å². The first-order valence-electron chi connectivity index (χ1n) is 9.00. The molecule has 1 amide bonds. The highest BCUT2D eigenvalue weighted by molar-refractivity contribution is 14.0. The number of alkyl halides is 3. The minimum absolute atomic E-state index is 0. The van der Waals surface area contributed by atoms with Crippen LogP contribution < -0.4 is 15.4 Å². The third-order valence-corrected chi connectivity index (χ3v) is 4.02. The predicted octanol–water partition coefficient (Wildman–Crippen LogP) is 2.88. The van der Waals surface area contributed by atoms with Gasteiger partial charge in [-0.25, -0.2) is 4.99 Å². The SMILES string of the molecule is CCNC(=NCC(=O)N1CCCC1)NCCOc1ccccc1C(F)(F)F.I. The Labute approximate surface area is 179 Å². The fraction of sp³-hybridized carbons (Fsp3) is 0.556. The summed E-state index contributed by atoms with van der Waals surface area (Å²) >= 11 is 0. The van der Waals surface area contributed by atoms with E-state index < -0.39 is 11.7 Å². The first-order valence-corrected chi connectivity index (χ1v) is 9.00. The second-order valence-electron chi connectivity index (χ2n) is 6.05. The normalized spacial score (nSPS) is 14.4. The van der Waals surface area contributed by atoms with E-state index in [1.54, 1.807) is 4.90 Å². The molecule has 28 heavy (non-hydrogen) atoms. The van der Waals surface area contributed by atoms with E-state index in [4.69, 9.17) is 4.74 Å². The Morgan fingerprint density at radius 1 is 1.21 bits per heavy atom. The van der Waals surface area contributed by atoms with Gasteiger partial charge in [0.25, 0.3) is 0 Å². The first-order chi connectivity index (χ1) is 12.9. The molecular formula is C18H26F3IN4O2. The number of ether oxygens (including phenoxy) is 1. The average molecular weight is 514 g/mol. The molecule has 0 aliphatic carbocycles. The van der Waals surface area contributed by atoms with E-state index in [0.717, 1.165) is 32.0 Å². The molecule has 2 N–H and O–H groups in total. The summed E-state index contributed by atoms with van der Waals surface area (Å²) in [6.45, 7) is 4.33. The highest BCUT2D eigenvalue weighted by Crippen LogP contribution is 2.35. The lowest BCUT2D eigenvalue weighted by Crippen LogP contribution is -2.40. The Morgan fingerprint density at radius 3 is 2.54 bits per heavy atom. The van der Waals surface area contributed by atoms with Crippen molar-refractivity contribution in [2.24, 2.45) is 4.99 Å². The summed E-state index contributed by atoms with van der Waals surface area (Å²) in [7, 11) is 0. The number of nitrogens with zero attached hydrogens (tertiary/aromatic N) is 2. The molecule has 2 rings (SSSR count). The molecule has 0 bridgehead atoms. The summed E-state index contributed by atoms with van der Waals surface area (Å²) in [6, 6.07) is 5.09. The van der Waals surface area contributed by atoms with Gasteiger partial charge < -0.3 is 20.3 Å². The van der Waals surface area contributed by atoms with E-state index in [1.165, 1.54) is 18.2 Å². The number of hydrogen-bond donors (Lipinski definition) is 2. The number of aliphatic imine (C=N–C) groups is 1. The Bertz CT molecular complexity index is 650. The van der Waals surface area contributed by atoms with Crippen LogP contribution in [0.5, 0.6) is 5.75 Å². The van der Waals surface area contributed by atoms with Crippen LogP contribution in [0.4, 0.5) is 13.2 Å². The Kier molecular flexibility index (Phi) is 10.4. The van der Waals surface area contributed by atoms with E-state index in [-0.39, 0.29) is 55.3 Å².